The van der Waals surface area contributed by atoms with Crippen LogP contribution in [0, 0.1) is 6.92 Å². The molecule has 0 aliphatic heterocycles. The van der Waals surface area contributed by atoms with Crippen molar-refractivity contribution in [3.63, 3.8) is 0 Å². The molecule has 0 saturated carbocycles. The van der Waals surface area contributed by atoms with Gasteiger partial charge in [0.05, 0.1) is 40.7 Å². The molecule has 0 unspecified atom stereocenters. The smallest absolute Gasteiger partial charge is 0.257 e. The molecule has 38 heavy (non-hydrogen) atoms. The Kier molecular flexibility index (Phi) is 8.29. The molecule has 4 heterocycles. The van der Waals surface area contributed by atoms with Crippen LogP contribution in [-0.4, -0.2) is 56.7 Å². The lowest BCUT2D eigenvalue weighted by molar-refractivity contribution is -0.113. The van der Waals surface area contributed by atoms with E-state index in [0.29, 0.717) is 36.0 Å². The zero-order chi connectivity index (χ0) is 27.4. The van der Waals surface area contributed by atoms with Crippen LogP contribution in [0.1, 0.15) is 16.1 Å². The molecule has 4 rings (SSSR count). The number of nitrogens with one attached hydrogen (secondary N) is 2. The van der Waals surface area contributed by atoms with E-state index in [1.54, 1.807) is 36.1 Å². The first kappa shape index (κ1) is 27.5. The predicted octanol–water partition coefficient (Wildman–Crippen LogP) is 4.88. The van der Waals surface area contributed by atoms with Gasteiger partial charge in [0.1, 0.15) is 18.3 Å². The molecule has 0 aromatic carbocycles. The summed E-state index contributed by atoms with van der Waals surface area (Å²) in [6, 6.07) is 6.51. The minimum absolute atomic E-state index is 0.175. The minimum atomic E-state index is -1.22. The maximum absolute atomic E-state index is 13.1. The van der Waals surface area contributed by atoms with Crippen LogP contribution in [0.5, 0.6) is 0 Å². The molecule has 2 N–H and O–H groups in total. The van der Waals surface area contributed by atoms with Gasteiger partial charge < -0.3 is 19.9 Å². The Bertz CT molecular complexity index is 1480. The molecule has 0 aliphatic rings. The summed E-state index contributed by atoms with van der Waals surface area (Å²) >= 11 is 5.57. The first-order valence-electron chi connectivity index (χ1n) is 12.2. The number of aryl methyl sites for hydroxylation is 2. The van der Waals surface area contributed by atoms with Gasteiger partial charge in [0.2, 0.25) is 5.91 Å². The van der Waals surface area contributed by atoms with Gasteiger partial charge >= 0.3 is 0 Å². The molecule has 4 aromatic rings. The third-order valence-electron chi connectivity index (χ3n) is 5.95. The van der Waals surface area contributed by atoms with Crippen molar-refractivity contribution in [1.29, 1.82) is 0 Å². The van der Waals surface area contributed by atoms with Gasteiger partial charge in [-0.25, -0.2) is 4.98 Å². The van der Waals surface area contributed by atoms with Crippen LogP contribution in [0.2, 0.25) is 25.7 Å². The zero-order valence-corrected chi connectivity index (χ0v) is 24.0. The van der Waals surface area contributed by atoms with Crippen molar-refractivity contribution in [2.24, 2.45) is 7.05 Å². The molecule has 0 bridgehead atoms. The third kappa shape index (κ3) is 6.66. The summed E-state index contributed by atoms with van der Waals surface area (Å²) < 4.78 is 9.81. The highest BCUT2D eigenvalue weighted by Crippen LogP contribution is 2.28. The molecule has 0 saturated heterocycles. The molecule has 0 fully saturated rings. The summed E-state index contributed by atoms with van der Waals surface area (Å²) in [4.78, 5) is 33.7. The minimum Gasteiger partial charge on any atom is -0.361 e. The van der Waals surface area contributed by atoms with Crippen molar-refractivity contribution in [1.82, 2.24) is 24.3 Å². The lowest BCUT2D eigenvalue weighted by Gasteiger charge is -2.16. The van der Waals surface area contributed by atoms with Gasteiger partial charge in [-0.2, -0.15) is 5.10 Å². The second-order valence-electron chi connectivity index (χ2n) is 10.3. The van der Waals surface area contributed by atoms with Crippen molar-refractivity contribution in [2.45, 2.75) is 39.3 Å². The highest BCUT2D eigenvalue weighted by Gasteiger charge is 2.18. The van der Waals surface area contributed by atoms with Crippen LogP contribution in [0.4, 0.5) is 11.4 Å². The van der Waals surface area contributed by atoms with Crippen LogP contribution >= 0.6 is 11.6 Å². The van der Waals surface area contributed by atoms with Crippen molar-refractivity contribution in [3.05, 3.63) is 54.2 Å². The van der Waals surface area contributed by atoms with Crippen molar-refractivity contribution in [2.75, 3.05) is 23.1 Å². The van der Waals surface area contributed by atoms with Gasteiger partial charge in [0.25, 0.3) is 5.91 Å². The topological polar surface area (TPSA) is 116 Å². The number of anilines is 2. The summed E-state index contributed by atoms with van der Waals surface area (Å²) in [7, 11) is 0.654. The summed E-state index contributed by atoms with van der Waals surface area (Å²) in [6.07, 6.45) is 6.79. The summed E-state index contributed by atoms with van der Waals surface area (Å²) in [6.45, 7) is 9.76. The largest absolute Gasteiger partial charge is 0.361 e. The van der Waals surface area contributed by atoms with E-state index in [0.717, 1.165) is 28.3 Å². The van der Waals surface area contributed by atoms with Crippen molar-refractivity contribution < 1.29 is 14.3 Å². The van der Waals surface area contributed by atoms with Gasteiger partial charge in [0, 0.05) is 45.1 Å². The SMILES string of the molecule is Cc1ncc(NC(=O)CCl)cc1NC(=O)c1cnc2c(c1)cc(-c1cnn(C)c1)n2COCC[Si](C)(C)C. The first-order valence-corrected chi connectivity index (χ1v) is 16.5. The molecule has 4 aromatic heterocycles. The Hall–Kier alpha value is -3.54. The number of hydrogen-bond donors (Lipinski definition) is 2. The van der Waals surface area contributed by atoms with E-state index in [9.17, 15) is 9.59 Å². The van der Waals surface area contributed by atoms with E-state index in [1.807, 2.05) is 23.9 Å². The van der Waals surface area contributed by atoms with Crippen LogP contribution in [-0.2, 0) is 23.3 Å². The van der Waals surface area contributed by atoms with E-state index >= 15 is 0 Å². The monoisotopic (exact) mass is 553 g/mol. The second kappa shape index (κ2) is 11.5. The maximum Gasteiger partial charge on any atom is 0.257 e. The Morgan fingerprint density at radius 3 is 2.55 bits per heavy atom. The highest BCUT2D eigenvalue weighted by molar-refractivity contribution is 6.76. The number of fused-ring (bicyclic) bond motifs is 1. The number of carbonyl (C=O) groups is 2. The van der Waals surface area contributed by atoms with Gasteiger partial charge in [0.15, 0.2) is 0 Å². The van der Waals surface area contributed by atoms with Gasteiger partial charge in [-0.1, -0.05) is 19.6 Å². The van der Waals surface area contributed by atoms with Crippen LogP contribution < -0.4 is 10.6 Å². The number of ether oxygens (including phenoxy) is 1. The van der Waals surface area contributed by atoms with Crippen molar-refractivity contribution >= 4 is 53.9 Å². The number of rotatable bonds is 10. The fourth-order valence-electron chi connectivity index (χ4n) is 3.84. The van der Waals surface area contributed by atoms with Gasteiger partial charge in [-0.05, 0) is 31.2 Å². The third-order valence-corrected chi connectivity index (χ3v) is 7.90. The number of nitrogens with zero attached hydrogens (tertiary/aromatic N) is 5. The van der Waals surface area contributed by atoms with Gasteiger partial charge in [-0.15, -0.1) is 11.6 Å². The number of carbonyl (C=O) groups excluding carboxylic acids is 2. The van der Waals surface area contributed by atoms with E-state index < -0.39 is 8.07 Å². The number of amides is 2. The molecule has 200 valence electrons. The molecule has 12 heteroatoms. The number of hydrogen-bond acceptors (Lipinski definition) is 6. The number of pyridine rings is 2. The lowest BCUT2D eigenvalue weighted by Crippen LogP contribution is -2.22. The standard InChI is InChI=1S/C26H32ClN7O3Si/c1-17-22(10-21(14-28-17)31-24(35)11-27)32-26(36)19-8-18-9-23(20-13-30-33(2)15-20)34(25(18)29-12-19)16-37-6-7-38(3,4)5/h8-10,12-15H,6-7,11,16H2,1-5H3,(H,31,35)(H,32,36). The Labute approximate surface area is 227 Å². The fraction of sp³-hybridized carbons (Fsp3) is 0.346. The average Bonchev–Trinajstić information content (AvgIpc) is 3.45. The predicted molar refractivity (Wildman–Crippen MR) is 152 cm³/mol. The zero-order valence-electron chi connectivity index (χ0n) is 22.2. The Balaban J connectivity index is 1.60. The van der Waals surface area contributed by atoms with Crippen LogP contribution in [0.25, 0.3) is 22.3 Å². The number of aromatic nitrogens is 5. The summed E-state index contributed by atoms with van der Waals surface area (Å²) in [5, 5.41) is 10.6. The lowest BCUT2D eigenvalue weighted by atomic mass is 10.2. The van der Waals surface area contributed by atoms with Crippen LogP contribution in [0.15, 0.2) is 43.0 Å². The molecule has 0 aliphatic carbocycles. The highest BCUT2D eigenvalue weighted by atomic mass is 35.5. The normalized spacial score (nSPS) is 11.6. The van der Waals surface area contributed by atoms with E-state index in [1.165, 1.54) is 6.20 Å². The fourth-order valence-corrected chi connectivity index (χ4v) is 4.67. The molecular formula is C26H32ClN7O3Si. The average molecular weight is 554 g/mol. The first-order chi connectivity index (χ1) is 18.0. The van der Waals surface area contributed by atoms with Crippen LogP contribution in [0.3, 0.4) is 0 Å². The van der Waals surface area contributed by atoms with E-state index in [2.05, 4.69) is 45.3 Å². The number of halogens is 1. The summed E-state index contributed by atoms with van der Waals surface area (Å²) in [5.74, 6) is -0.875. The second-order valence-corrected chi connectivity index (χ2v) is 16.2. The maximum atomic E-state index is 13.1. The van der Waals surface area contributed by atoms with Gasteiger partial charge in [-0.3, -0.25) is 19.3 Å². The summed E-state index contributed by atoms with van der Waals surface area (Å²) in [5.41, 5.74) is 4.48. The quantitative estimate of drug-likeness (QED) is 0.164. The number of alkyl halides is 1. The Morgan fingerprint density at radius 2 is 1.87 bits per heavy atom. The molecule has 0 radical (unpaired) electrons. The van der Waals surface area contributed by atoms with Crippen molar-refractivity contribution in [3.8, 4) is 11.3 Å². The molecular weight excluding hydrogens is 522 g/mol. The molecule has 10 nitrogen and oxygen atoms in total. The molecule has 0 spiro atoms. The molecule has 2 amide bonds. The van der Waals surface area contributed by atoms with E-state index in [-0.39, 0.29) is 17.7 Å². The Morgan fingerprint density at radius 1 is 1.08 bits per heavy atom. The van der Waals surface area contributed by atoms with E-state index in [4.69, 9.17) is 16.3 Å². The molecule has 0 atom stereocenters.